The summed E-state index contributed by atoms with van der Waals surface area (Å²) in [5, 5.41) is 4.02. The van der Waals surface area contributed by atoms with E-state index in [1.807, 2.05) is 61.7 Å². The Balaban J connectivity index is 1.60. The number of aromatic amines is 1. The van der Waals surface area contributed by atoms with E-state index in [0.717, 1.165) is 22.0 Å². The Bertz CT molecular complexity index is 805. The highest BCUT2D eigenvalue weighted by Crippen LogP contribution is 2.18. The number of nitrogens with two attached hydrogens (primary N) is 1. The minimum atomic E-state index is -0.556. The van der Waals surface area contributed by atoms with E-state index >= 15 is 0 Å². The van der Waals surface area contributed by atoms with Gasteiger partial charge in [-0.05, 0) is 30.5 Å². The highest BCUT2D eigenvalue weighted by Gasteiger charge is 2.15. The summed E-state index contributed by atoms with van der Waals surface area (Å²) in [5.74, 6) is -0.129. The fourth-order valence-electron chi connectivity index (χ4n) is 2.66. The molecule has 1 heterocycles. The molecule has 0 bridgehead atoms. The molecule has 0 aliphatic carbocycles. The maximum Gasteiger partial charge on any atom is 0.237 e. The fraction of sp³-hybridized carbons (Fsp3) is 0.211. The van der Waals surface area contributed by atoms with Gasteiger partial charge in [0.1, 0.15) is 0 Å². The first-order valence-electron chi connectivity index (χ1n) is 7.77. The van der Waals surface area contributed by atoms with Gasteiger partial charge in [0.15, 0.2) is 0 Å². The third-order valence-corrected chi connectivity index (χ3v) is 4.04. The first kappa shape index (κ1) is 15.3. The monoisotopic (exact) mass is 307 g/mol. The van der Waals surface area contributed by atoms with Crippen LogP contribution in [0.4, 0.5) is 0 Å². The summed E-state index contributed by atoms with van der Waals surface area (Å²) in [5.41, 5.74) is 10.5. The SMILES string of the molecule is Cc1ccc(CNC(=O)[C@H](N)Cc2c[nH]c3ccccc23)cc1. The average molecular weight is 307 g/mol. The van der Waals surface area contributed by atoms with Crippen LogP contribution < -0.4 is 11.1 Å². The number of rotatable bonds is 5. The number of hydrogen-bond donors (Lipinski definition) is 3. The van der Waals surface area contributed by atoms with Gasteiger partial charge in [-0.1, -0.05) is 48.0 Å². The lowest BCUT2D eigenvalue weighted by molar-refractivity contribution is -0.122. The van der Waals surface area contributed by atoms with Gasteiger partial charge in [0, 0.05) is 23.6 Å². The molecule has 23 heavy (non-hydrogen) atoms. The van der Waals surface area contributed by atoms with Crippen molar-refractivity contribution in [2.45, 2.75) is 25.9 Å². The molecule has 0 aliphatic heterocycles. The van der Waals surface area contributed by atoms with Crippen LogP contribution in [-0.2, 0) is 17.8 Å². The molecular formula is C19H21N3O. The molecule has 1 aromatic heterocycles. The molecule has 0 spiro atoms. The summed E-state index contributed by atoms with van der Waals surface area (Å²) in [4.78, 5) is 15.4. The molecule has 1 atom stereocenters. The van der Waals surface area contributed by atoms with Crippen LogP contribution in [0.25, 0.3) is 10.9 Å². The first-order valence-corrected chi connectivity index (χ1v) is 7.77. The molecule has 118 valence electrons. The van der Waals surface area contributed by atoms with Gasteiger partial charge >= 0.3 is 0 Å². The highest BCUT2D eigenvalue weighted by atomic mass is 16.2. The van der Waals surface area contributed by atoms with Crippen LogP contribution in [0.2, 0.25) is 0 Å². The smallest absolute Gasteiger partial charge is 0.237 e. The zero-order valence-corrected chi connectivity index (χ0v) is 13.2. The fourth-order valence-corrected chi connectivity index (χ4v) is 2.66. The van der Waals surface area contributed by atoms with E-state index < -0.39 is 6.04 Å². The minimum Gasteiger partial charge on any atom is -0.361 e. The van der Waals surface area contributed by atoms with E-state index in [-0.39, 0.29) is 5.91 Å². The molecule has 0 saturated heterocycles. The second-order valence-electron chi connectivity index (χ2n) is 5.87. The third-order valence-electron chi connectivity index (χ3n) is 4.04. The van der Waals surface area contributed by atoms with Crippen LogP contribution in [0.1, 0.15) is 16.7 Å². The number of aryl methyl sites for hydroxylation is 1. The number of fused-ring (bicyclic) bond motifs is 1. The minimum absolute atomic E-state index is 0.129. The van der Waals surface area contributed by atoms with E-state index in [9.17, 15) is 4.79 Å². The van der Waals surface area contributed by atoms with E-state index in [4.69, 9.17) is 5.73 Å². The van der Waals surface area contributed by atoms with Gasteiger partial charge in [-0.15, -0.1) is 0 Å². The van der Waals surface area contributed by atoms with Crippen molar-refractivity contribution in [2.75, 3.05) is 0 Å². The second kappa shape index (κ2) is 6.67. The van der Waals surface area contributed by atoms with Crippen molar-refractivity contribution < 1.29 is 4.79 Å². The first-order chi connectivity index (χ1) is 11.1. The van der Waals surface area contributed by atoms with Crippen molar-refractivity contribution >= 4 is 16.8 Å². The molecule has 3 rings (SSSR count). The predicted octanol–water partition coefficient (Wildman–Crippen LogP) is 2.66. The number of nitrogens with one attached hydrogen (secondary N) is 2. The quantitative estimate of drug-likeness (QED) is 0.678. The Kier molecular flexibility index (Phi) is 4.44. The Hall–Kier alpha value is -2.59. The summed E-state index contributed by atoms with van der Waals surface area (Å²) >= 11 is 0. The number of carbonyl (C=O) groups is 1. The van der Waals surface area contributed by atoms with Gasteiger partial charge in [0.2, 0.25) is 5.91 Å². The third kappa shape index (κ3) is 3.60. The molecule has 1 amide bonds. The molecule has 2 aromatic carbocycles. The van der Waals surface area contributed by atoms with Crippen LogP contribution >= 0.6 is 0 Å². The summed E-state index contributed by atoms with van der Waals surface area (Å²) in [7, 11) is 0. The lowest BCUT2D eigenvalue weighted by Crippen LogP contribution is -2.41. The molecule has 4 heteroatoms. The second-order valence-corrected chi connectivity index (χ2v) is 5.87. The molecule has 0 aliphatic rings. The van der Waals surface area contributed by atoms with Crippen molar-refractivity contribution in [1.29, 1.82) is 0 Å². The normalized spacial score (nSPS) is 12.3. The van der Waals surface area contributed by atoms with E-state index in [2.05, 4.69) is 10.3 Å². The maximum atomic E-state index is 12.2. The standard InChI is InChI=1S/C19H21N3O/c1-13-6-8-14(9-7-13)11-22-19(23)17(20)10-15-12-21-18-5-3-2-4-16(15)18/h2-9,12,17,21H,10-11,20H2,1H3,(H,22,23)/t17-/m1/s1. The van der Waals surface area contributed by atoms with Gasteiger partial charge in [-0.3, -0.25) is 4.79 Å². The van der Waals surface area contributed by atoms with Gasteiger partial charge in [-0.2, -0.15) is 0 Å². The van der Waals surface area contributed by atoms with Crippen molar-refractivity contribution in [2.24, 2.45) is 5.73 Å². The number of benzene rings is 2. The number of para-hydroxylation sites is 1. The van der Waals surface area contributed by atoms with Crippen LogP contribution in [0, 0.1) is 6.92 Å². The van der Waals surface area contributed by atoms with Crippen molar-refractivity contribution in [3.63, 3.8) is 0 Å². The number of hydrogen-bond acceptors (Lipinski definition) is 2. The largest absolute Gasteiger partial charge is 0.361 e. The molecular weight excluding hydrogens is 286 g/mol. The summed E-state index contributed by atoms with van der Waals surface area (Å²) in [6.07, 6.45) is 2.45. The molecule has 0 saturated carbocycles. The molecule has 0 unspecified atom stereocenters. The predicted molar refractivity (Wildman–Crippen MR) is 93.0 cm³/mol. The van der Waals surface area contributed by atoms with Crippen molar-refractivity contribution in [3.05, 3.63) is 71.4 Å². The van der Waals surface area contributed by atoms with Gasteiger partial charge in [0.25, 0.3) is 0 Å². The van der Waals surface area contributed by atoms with Crippen LogP contribution in [0.3, 0.4) is 0 Å². The van der Waals surface area contributed by atoms with E-state index in [1.54, 1.807) is 0 Å². The maximum absolute atomic E-state index is 12.2. The van der Waals surface area contributed by atoms with Crippen LogP contribution in [0.15, 0.2) is 54.7 Å². The van der Waals surface area contributed by atoms with Crippen LogP contribution in [-0.4, -0.2) is 16.9 Å². The molecule has 3 aromatic rings. The zero-order valence-electron chi connectivity index (χ0n) is 13.2. The van der Waals surface area contributed by atoms with Crippen LogP contribution in [0.5, 0.6) is 0 Å². The molecule has 0 fully saturated rings. The van der Waals surface area contributed by atoms with Gasteiger partial charge in [-0.25, -0.2) is 0 Å². The lowest BCUT2D eigenvalue weighted by atomic mass is 10.0. The van der Waals surface area contributed by atoms with Crippen molar-refractivity contribution in [1.82, 2.24) is 10.3 Å². The van der Waals surface area contributed by atoms with Gasteiger partial charge in [0.05, 0.1) is 6.04 Å². The van der Waals surface area contributed by atoms with Crippen molar-refractivity contribution in [3.8, 4) is 0 Å². The molecule has 0 radical (unpaired) electrons. The van der Waals surface area contributed by atoms with E-state index in [0.29, 0.717) is 13.0 Å². The molecule has 4 nitrogen and oxygen atoms in total. The summed E-state index contributed by atoms with van der Waals surface area (Å²) in [6, 6.07) is 15.6. The number of H-pyrrole nitrogens is 1. The number of aromatic nitrogens is 1. The average Bonchev–Trinajstić information content (AvgIpc) is 2.97. The Labute approximate surface area is 135 Å². The zero-order chi connectivity index (χ0) is 16.2. The highest BCUT2D eigenvalue weighted by molar-refractivity contribution is 5.86. The molecule has 4 N–H and O–H groups in total. The Morgan fingerprint density at radius 1 is 1.17 bits per heavy atom. The number of carbonyl (C=O) groups excluding carboxylic acids is 1. The Morgan fingerprint density at radius 2 is 1.91 bits per heavy atom. The lowest BCUT2D eigenvalue weighted by Gasteiger charge is -2.12. The van der Waals surface area contributed by atoms with Gasteiger partial charge < -0.3 is 16.0 Å². The van der Waals surface area contributed by atoms with E-state index in [1.165, 1.54) is 5.56 Å². The summed E-state index contributed by atoms with van der Waals surface area (Å²) < 4.78 is 0. The number of amides is 1. The topological polar surface area (TPSA) is 70.9 Å². The summed E-state index contributed by atoms with van der Waals surface area (Å²) in [6.45, 7) is 2.54. The Morgan fingerprint density at radius 3 is 2.70 bits per heavy atom.